The van der Waals surface area contributed by atoms with Gasteiger partial charge in [0.25, 0.3) is 0 Å². The zero-order valence-electron chi connectivity index (χ0n) is 12.2. The fourth-order valence-electron chi connectivity index (χ4n) is 2.00. The van der Waals surface area contributed by atoms with Crippen LogP contribution in [-0.4, -0.2) is 8.42 Å². The minimum absolute atomic E-state index is 0.0796. The largest absolute Gasteiger partial charge is 0.416 e. The molecular formula is C15H12F5NO2S. The summed E-state index contributed by atoms with van der Waals surface area (Å²) in [5.74, 6) is -2.55. The Kier molecular flexibility index (Phi) is 4.95. The van der Waals surface area contributed by atoms with Crippen molar-refractivity contribution < 1.29 is 30.4 Å². The van der Waals surface area contributed by atoms with E-state index in [0.717, 1.165) is 24.3 Å². The Bertz CT molecular complexity index is 849. The molecule has 130 valence electrons. The third-order valence-electron chi connectivity index (χ3n) is 3.25. The molecule has 0 saturated carbocycles. The van der Waals surface area contributed by atoms with Crippen LogP contribution < -0.4 is 4.72 Å². The van der Waals surface area contributed by atoms with Gasteiger partial charge in [-0.1, -0.05) is 12.1 Å². The molecule has 0 aliphatic heterocycles. The Balaban J connectivity index is 2.28. The van der Waals surface area contributed by atoms with Crippen molar-refractivity contribution >= 4 is 10.0 Å². The molecule has 0 saturated heterocycles. The lowest BCUT2D eigenvalue weighted by Gasteiger charge is -2.16. The van der Waals surface area contributed by atoms with E-state index in [0.29, 0.717) is 12.1 Å². The normalized spacial score (nSPS) is 13.8. The maximum absolute atomic E-state index is 13.2. The van der Waals surface area contributed by atoms with Crippen LogP contribution in [0.4, 0.5) is 22.0 Å². The zero-order valence-corrected chi connectivity index (χ0v) is 13.0. The highest BCUT2D eigenvalue weighted by Crippen LogP contribution is 2.31. The van der Waals surface area contributed by atoms with Crippen LogP contribution >= 0.6 is 0 Å². The van der Waals surface area contributed by atoms with Gasteiger partial charge >= 0.3 is 6.18 Å². The summed E-state index contributed by atoms with van der Waals surface area (Å²) in [5.41, 5.74) is -0.838. The molecule has 0 heterocycles. The molecule has 24 heavy (non-hydrogen) atoms. The van der Waals surface area contributed by atoms with Crippen LogP contribution in [-0.2, 0) is 16.2 Å². The van der Waals surface area contributed by atoms with Crippen LogP contribution in [0.25, 0.3) is 0 Å². The first-order valence-electron chi connectivity index (χ1n) is 6.65. The van der Waals surface area contributed by atoms with Crippen molar-refractivity contribution in [2.24, 2.45) is 0 Å². The molecule has 1 N–H and O–H groups in total. The average molecular weight is 365 g/mol. The van der Waals surface area contributed by atoms with E-state index >= 15 is 0 Å². The van der Waals surface area contributed by atoms with Crippen molar-refractivity contribution in [3.05, 3.63) is 65.2 Å². The van der Waals surface area contributed by atoms with Gasteiger partial charge in [-0.2, -0.15) is 13.2 Å². The highest BCUT2D eigenvalue weighted by molar-refractivity contribution is 7.89. The molecule has 0 bridgehead atoms. The molecule has 9 heteroatoms. The van der Waals surface area contributed by atoms with E-state index in [9.17, 15) is 30.4 Å². The van der Waals surface area contributed by atoms with Gasteiger partial charge in [0.1, 0.15) is 0 Å². The topological polar surface area (TPSA) is 46.2 Å². The van der Waals surface area contributed by atoms with Crippen molar-refractivity contribution in [1.29, 1.82) is 0 Å². The Morgan fingerprint density at radius 3 is 2.25 bits per heavy atom. The molecule has 2 aromatic carbocycles. The van der Waals surface area contributed by atoms with Crippen LogP contribution in [0.5, 0.6) is 0 Å². The van der Waals surface area contributed by atoms with Gasteiger partial charge in [-0.25, -0.2) is 21.9 Å². The van der Waals surface area contributed by atoms with Crippen LogP contribution in [0.3, 0.4) is 0 Å². The molecule has 0 aromatic heterocycles. The van der Waals surface area contributed by atoms with E-state index in [1.54, 1.807) is 0 Å². The lowest BCUT2D eigenvalue weighted by atomic mass is 10.1. The molecule has 0 aliphatic rings. The molecule has 2 aromatic rings. The zero-order chi connectivity index (χ0) is 18.1. The molecule has 1 unspecified atom stereocenters. The predicted octanol–water partition coefficient (Wildman–Crippen LogP) is 4.02. The number of sulfonamides is 1. The molecule has 0 radical (unpaired) electrons. The van der Waals surface area contributed by atoms with Gasteiger partial charge < -0.3 is 0 Å². The average Bonchev–Trinajstić information content (AvgIpc) is 2.48. The molecule has 0 amide bonds. The Morgan fingerprint density at radius 2 is 1.67 bits per heavy atom. The summed E-state index contributed by atoms with van der Waals surface area (Å²) < 4.78 is 90.5. The summed E-state index contributed by atoms with van der Waals surface area (Å²) in [5, 5.41) is 0. The van der Waals surface area contributed by atoms with E-state index in [1.807, 2.05) is 0 Å². The lowest BCUT2D eigenvalue weighted by Crippen LogP contribution is -2.27. The minimum atomic E-state index is -4.56. The van der Waals surface area contributed by atoms with Crippen molar-refractivity contribution in [3.63, 3.8) is 0 Å². The first kappa shape index (κ1) is 18.3. The molecule has 0 spiro atoms. The van der Waals surface area contributed by atoms with E-state index in [1.165, 1.54) is 13.0 Å². The second-order valence-corrected chi connectivity index (χ2v) is 6.76. The van der Waals surface area contributed by atoms with Gasteiger partial charge in [-0.05, 0) is 42.8 Å². The highest BCUT2D eigenvalue weighted by atomic mass is 32.2. The summed E-state index contributed by atoms with van der Waals surface area (Å²) in [6, 6.07) is 5.16. The monoisotopic (exact) mass is 365 g/mol. The summed E-state index contributed by atoms with van der Waals surface area (Å²) in [4.78, 5) is -0.528. The van der Waals surface area contributed by atoms with Crippen molar-refractivity contribution in [3.8, 4) is 0 Å². The van der Waals surface area contributed by atoms with E-state index in [-0.39, 0.29) is 5.56 Å². The van der Waals surface area contributed by atoms with Gasteiger partial charge in [-0.3, -0.25) is 0 Å². The van der Waals surface area contributed by atoms with E-state index < -0.39 is 44.3 Å². The van der Waals surface area contributed by atoms with Gasteiger partial charge in [0.2, 0.25) is 10.0 Å². The standard InChI is InChI=1S/C15H12F5NO2S/c1-9(10-3-2-4-11(7-10)15(18,19)20)21-24(22,23)12-5-6-13(16)14(17)8-12/h2-9,21H,1H3. The molecule has 2 rings (SSSR count). The van der Waals surface area contributed by atoms with Gasteiger partial charge in [-0.15, -0.1) is 0 Å². The summed E-state index contributed by atoms with van der Waals surface area (Å²) in [6.45, 7) is 1.34. The van der Waals surface area contributed by atoms with Gasteiger partial charge in [0.15, 0.2) is 11.6 Å². The third-order valence-corrected chi connectivity index (χ3v) is 4.79. The maximum Gasteiger partial charge on any atom is 0.416 e. The number of rotatable bonds is 4. The summed E-state index contributed by atoms with van der Waals surface area (Å²) in [7, 11) is -4.23. The van der Waals surface area contributed by atoms with Crippen molar-refractivity contribution in [2.75, 3.05) is 0 Å². The molecule has 3 nitrogen and oxygen atoms in total. The van der Waals surface area contributed by atoms with Crippen molar-refractivity contribution in [2.45, 2.75) is 24.0 Å². The number of alkyl halides is 3. The molecular weight excluding hydrogens is 353 g/mol. The third kappa shape index (κ3) is 4.09. The Morgan fingerprint density at radius 1 is 1.00 bits per heavy atom. The van der Waals surface area contributed by atoms with E-state index in [2.05, 4.69) is 4.72 Å². The highest BCUT2D eigenvalue weighted by Gasteiger charge is 2.31. The lowest BCUT2D eigenvalue weighted by molar-refractivity contribution is -0.137. The Hall–Kier alpha value is -2.00. The number of halogens is 5. The predicted molar refractivity (Wildman–Crippen MR) is 76.5 cm³/mol. The summed E-state index contributed by atoms with van der Waals surface area (Å²) in [6.07, 6.45) is -4.56. The fraction of sp³-hybridized carbons (Fsp3) is 0.200. The Labute approximate surface area is 135 Å². The van der Waals surface area contributed by atoms with Crippen LogP contribution in [0, 0.1) is 11.6 Å². The van der Waals surface area contributed by atoms with Crippen LogP contribution in [0.15, 0.2) is 47.4 Å². The number of benzene rings is 2. The minimum Gasteiger partial charge on any atom is -0.207 e. The number of nitrogens with one attached hydrogen (secondary N) is 1. The first-order chi connectivity index (χ1) is 11.0. The smallest absolute Gasteiger partial charge is 0.207 e. The molecule has 0 fully saturated rings. The SMILES string of the molecule is CC(NS(=O)(=O)c1ccc(F)c(F)c1)c1cccc(C(F)(F)F)c1. The second-order valence-electron chi connectivity index (χ2n) is 5.04. The van der Waals surface area contributed by atoms with Crippen molar-refractivity contribution in [1.82, 2.24) is 4.72 Å². The van der Waals surface area contributed by atoms with E-state index in [4.69, 9.17) is 0 Å². The van der Waals surface area contributed by atoms with Crippen LogP contribution in [0.2, 0.25) is 0 Å². The van der Waals surface area contributed by atoms with Crippen LogP contribution in [0.1, 0.15) is 24.1 Å². The molecule has 1 atom stereocenters. The fourth-order valence-corrected chi connectivity index (χ4v) is 3.24. The second kappa shape index (κ2) is 6.48. The number of hydrogen-bond acceptors (Lipinski definition) is 2. The molecule has 0 aliphatic carbocycles. The maximum atomic E-state index is 13.2. The number of hydrogen-bond donors (Lipinski definition) is 1. The van der Waals surface area contributed by atoms with Gasteiger partial charge in [0.05, 0.1) is 10.5 Å². The van der Waals surface area contributed by atoms with Gasteiger partial charge in [0, 0.05) is 6.04 Å². The first-order valence-corrected chi connectivity index (χ1v) is 8.13. The summed E-state index contributed by atoms with van der Waals surface area (Å²) >= 11 is 0. The quantitative estimate of drug-likeness (QED) is 0.832.